The van der Waals surface area contributed by atoms with E-state index in [1.807, 2.05) is 12.5 Å². The smallest absolute Gasteiger partial charge is 0.0543 e. The molecule has 3 aromatic heterocycles. The number of furan rings is 2. The van der Waals surface area contributed by atoms with E-state index in [0.29, 0.717) is 0 Å². The number of hydrogen-bond donors (Lipinski definition) is 0. The van der Waals surface area contributed by atoms with E-state index in [9.17, 15) is 0 Å². The van der Waals surface area contributed by atoms with Gasteiger partial charge in [0.1, 0.15) is 0 Å². The number of rotatable bonds is 4. The molecule has 13 aromatic rings. The summed E-state index contributed by atoms with van der Waals surface area (Å²) in [4.78, 5) is 2.52. The summed E-state index contributed by atoms with van der Waals surface area (Å²) in [6.45, 7) is 0. The molecule has 1 aliphatic heterocycles. The van der Waals surface area contributed by atoms with Crippen molar-refractivity contribution >= 4 is 83.2 Å². The van der Waals surface area contributed by atoms with Gasteiger partial charge in [0, 0.05) is 0 Å². The quantitative estimate of drug-likeness (QED) is 0.130. The van der Waals surface area contributed by atoms with Crippen LogP contribution in [-0.4, -0.2) is 14.5 Å². The summed E-state index contributed by atoms with van der Waals surface area (Å²) in [7, 11) is 0. The zero-order valence-corrected chi connectivity index (χ0v) is 37.7. The third-order valence-electron chi connectivity index (χ3n) is 14.6. The van der Waals surface area contributed by atoms with Crippen LogP contribution in [0.5, 0.6) is 0 Å². The van der Waals surface area contributed by atoms with Crippen molar-refractivity contribution in [3.05, 3.63) is 247 Å². The summed E-state index contributed by atoms with van der Waals surface area (Å²) in [5, 5.41) is 10.1. The monoisotopic (exact) mass is 919 g/mol. The Hall–Kier alpha value is -8.14. The van der Waals surface area contributed by atoms with Gasteiger partial charge in [-0.15, -0.1) is 0 Å². The molecule has 3 nitrogen and oxygen atoms in total. The van der Waals surface area contributed by atoms with Gasteiger partial charge >= 0.3 is 306 Å². The second-order valence-corrected chi connectivity index (χ2v) is 20.1. The van der Waals surface area contributed by atoms with Crippen LogP contribution >= 0.6 is 0 Å². The standard InChI is InChI=1S/C63H37NO2Se/c1-2-20-43-38(14-1)15-13-26-44(43)39-16-11-17-40(36-39)57-46-22-3-5-24-48(46)58(49-25-6-4-23-47(49)57)41-18-12-19-42(37-41)64-54-28-9-8-27-51(54)63(52-32-34-65-60(52)61-53(63)33-35-66-61)59-55(64)31-30-50-45-21-7-10-29-56(45)67-62(50)59/h1-37H. The molecule has 0 radical (unpaired) electrons. The summed E-state index contributed by atoms with van der Waals surface area (Å²) in [6.07, 6.45) is 3.67. The van der Waals surface area contributed by atoms with Gasteiger partial charge in [-0.1, -0.05) is 60.7 Å². The number of hydrogen-bond acceptors (Lipinski definition) is 3. The predicted molar refractivity (Wildman–Crippen MR) is 277 cm³/mol. The van der Waals surface area contributed by atoms with Crippen molar-refractivity contribution in [2.24, 2.45) is 0 Å². The van der Waals surface area contributed by atoms with Crippen molar-refractivity contribution < 1.29 is 8.83 Å². The fraction of sp³-hybridized carbons (Fsp3) is 0.0159. The number of nitrogens with zero attached hydrogens (tertiary/aromatic N) is 1. The maximum Gasteiger partial charge on any atom is -0.0543 e. The Balaban J connectivity index is 0.967. The van der Waals surface area contributed by atoms with E-state index in [1.165, 1.54) is 102 Å². The summed E-state index contributed by atoms with van der Waals surface area (Å²) in [5.41, 5.74) is 15.0. The maximum atomic E-state index is 6.32. The molecule has 0 N–H and O–H groups in total. The third kappa shape index (κ3) is 5.01. The fourth-order valence-electron chi connectivity index (χ4n) is 12.0. The molecule has 0 saturated heterocycles. The van der Waals surface area contributed by atoms with Crippen molar-refractivity contribution in [2.45, 2.75) is 5.41 Å². The molecular weight excluding hydrogens is 882 g/mol. The van der Waals surface area contributed by atoms with Crippen LogP contribution in [0.2, 0.25) is 0 Å². The van der Waals surface area contributed by atoms with E-state index in [2.05, 4.69) is 217 Å². The van der Waals surface area contributed by atoms with Crippen molar-refractivity contribution in [1.29, 1.82) is 0 Å². The predicted octanol–water partition coefficient (Wildman–Crippen LogP) is 16.8. The molecule has 0 amide bonds. The van der Waals surface area contributed by atoms with Gasteiger partial charge < -0.3 is 0 Å². The fourth-order valence-corrected chi connectivity index (χ4v) is 14.7. The van der Waals surface area contributed by atoms with Crippen LogP contribution in [0.3, 0.4) is 0 Å². The van der Waals surface area contributed by atoms with Crippen LogP contribution in [0.15, 0.2) is 234 Å². The van der Waals surface area contributed by atoms with Gasteiger partial charge in [-0.05, 0) is 28.0 Å². The molecule has 312 valence electrons. The molecule has 4 heterocycles. The first kappa shape index (κ1) is 37.1. The SMILES string of the molecule is c1cc(-c2cccc3ccccc23)cc(-c2c3ccccc3c(-c3cccc(N4c5ccccc5C5(c6ccoc6-c6occc65)c5c4ccc4c5[se]c5ccccc54)c3)c3ccccc23)c1. The zero-order valence-electron chi connectivity index (χ0n) is 36.0. The molecule has 1 aliphatic carbocycles. The molecule has 15 rings (SSSR count). The molecule has 0 bridgehead atoms. The Bertz CT molecular complexity index is 4100. The summed E-state index contributed by atoms with van der Waals surface area (Å²) < 4.78 is 15.5. The minimum absolute atomic E-state index is 0.0778. The van der Waals surface area contributed by atoms with Gasteiger partial charge in [-0.3, -0.25) is 0 Å². The first-order valence-electron chi connectivity index (χ1n) is 22.9. The third-order valence-corrected chi connectivity index (χ3v) is 17.1. The minimum atomic E-state index is -0.618. The first-order valence-corrected chi connectivity index (χ1v) is 24.6. The average Bonchev–Trinajstić information content (AvgIpc) is 4.20. The van der Waals surface area contributed by atoms with Gasteiger partial charge in [0.15, 0.2) is 0 Å². The summed E-state index contributed by atoms with van der Waals surface area (Å²) >= 11 is 0.0778. The molecule has 0 unspecified atom stereocenters. The van der Waals surface area contributed by atoms with Crippen LogP contribution in [-0.2, 0) is 5.41 Å². The largest absolute Gasteiger partial charge is 0.0543 e. The Labute approximate surface area is 392 Å². The van der Waals surface area contributed by atoms with Crippen molar-refractivity contribution in [1.82, 2.24) is 0 Å². The second kappa shape index (κ2) is 13.9. The van der Waals surface area contributed by atoms with Crippen molar-refractivity contribution in [3.63, 3.8) is 0 Å². The normalized spacial score (nSPS) is 13.5. The zero-order chi connectivity index (χ0) is 43.8. The number of para-hydroxylation sites is 1. The maximum absolute atomic E-state index is 6.32. The summed E-state index contributed by atoms with van der Waals surface area (Å²) in [5.74, 6) is 1.64. The summed E-state index contributed by atoms with van der Waals surface area (Å²) in [6, 6.07) is 78.7. The van der Waals surface area contributed by atoms with E-state index in [-0.39, 0.29) is 14.5 Å². The van der Waals surface area contributed by atoms with Gasteiger partial charge in [-0.2, -0.15) is 0 Å². The van der Waals surface area contributed by atoms with Crippen molar-refractivity contribution in [3.8, 4) is 44.9 Å². The first-order chi connectivity index (χ1) is 33.3. The molecule has 1 spiro atoms. The molecule has 67 heavy (non-hydrogen) atoms. The number of anilines is 3. The molecule has 0 atom stereocenters. The van der Waals surface area contributed by atoms with Crippen molar-refractivity contribution in [2.75, 3.05) is 4.90 Å². The van der Waals surface area contributed by atoms with E-state index in [1.54, 1.807) is 0 Å². The van der Waals surface area contributed by atoms with Crippen LogP contribution in [0.4, 0.5) is 17.1 Å². The topological polar surface area (TPSA) is 29.5 Å². The average molecular weight is 919 g/mol. The van der Waals surface area contributed by atoms with Crippen LogP contribution in [0.25, 0.3) is 96.5 Å². The Kier molecular flexibility index (Phi) is 7.72. The Morgan fingerprint density at radius 2 is 0.955 bits per heavy atom. The Morgan fingerprint density at radius 1 is 0.388 bits per heavy atom. The molecular formula is C63H37NO2Se. The Morgan fingerprint density at radius 3 is 1.69 bits per heavy atom. The molecule has 4 heteroatoms. The van der Waals surface area contributed by atoms with Gasteiger partial charge in [0.05, 0.1) is 0 Å². The van der Waals surface area contributed by atoms with Gasteiger partial charge in [0.2, 0.25) is 0 Å². The van der Waals surface area contributed by atoms with Gasteiger partial charge in [-0.25, -0.2) is 0 Å². The van der Waals surface area contributed by atoms with Crippen LogP contribution < -0.4 is 4.90 Å². The number of fused-ring (bicyclic) bond motifs is 16. The number of benzene rings is 10. The molecule has 10 aromatic carbocycles. The van der Waals surface area contributed by atoms with Crippen LogP contribution in [0.1, 0.15) is 22.3 Å². The molecule has 0 saturated carbocycles. The second-order valence-electron chi connectivity index (χ2n) is 17.9. The van der Waals surface area contributed by atoms with E-state index in [4.69, 9.17) is 8.83 Å². The van der Waals surface area contributed by atoms with E-state index in [0.717, 1.165) is 34.0 Å². The minimum Gasteiger partial charge on any atom is -0.0543 e. The van der Waals surface area contributed by atoms with Gasteiger partial charge in [0.25, 0.3) is 0 Å². The van der Waals surface area contributed by atoms with E-state index >= 15 is 0 Å². The molecule has 0 fully saturated rings. The van der Waals surface area contributed by atoms with Crippen LogP contribution in [0, 0.1) is 0 Å². The molecule has 2 aliphatic rings. The van der Waals surface area contributed by atoms with E-state index < -0.39 is 5.41 Å².